The maximum Gasteiger partial charge on any atom is 0.224 e. The Balaban J connectivity index is 1.29. The lowest BCUT2D eigenvalue weighted by atomic mass is 9.93. The second kappa shape index (κ2) is 9.43. The van der Waals surface area contributed by atoms with Crippen molar-refractivity contribution in [2.45, 2.75) is 63.8 Å². The number of rotatable bonds is 5. The average molecular weight is 393 g/mol. The summed E-state index contributed by atoms with van der Waals surface area (Å²) in [6, 6.07) is 15.2. The molecule has 0 bridgehead atoms. The zero-order chi connectivity index (χ0) is 20.1. The van der Waals surface area contributed by atoms with Crippen molar-refractivity contribution < 1.29 is 9.59 Å². The Morgan fingerprint density at radius 1 is 0.966 bits per heavy atom. The zero-order valence-electron chi connectivity index (χ0n) is 17.2. The third kappa shape index (κ3) is 4.98. The second-order valence-corrected chi connectivity index (χ2v) is 8.65. The number of carbonyl (C=O) groups excluding carboxylic acids is 2. The van der Waals surface area contributed by atoms with Crippen molar-refractivity contribution in [2.75, 3.05) is 13.1 Å². The Bertz CT molecular complexity index is 855. The van der Waals surface area contributed by atoms with Crippen molar-refractivity contribution >= 4 is 22.6 Å². The molecule has 0 spiro atoms. The standard InChI is InChI=1S/C25H32N2O2/c28-24-14-13-22(18-27(24)23-9-3-1-2-4-10-23)25(29)26-16-15-19-11-12-20-7-5-6-8-21(20)17-19/h5-8,11-12,17,22-23H,1-4,9-10,13-16,18H2,(H,26,29)/t22-/m1/s1. The molecule has 1 saturated carbocycles. The topological polar surface area (TPSA) is 49.4 Å². The largest absolute Gasteiger partial charge is 0.355 e. The predicted molar refractivity (Wildman–Crippen MR) is 117 cm³/mol. The molecule has 0 unspecified atom stereocenters. The summed E-state index contributed by atoms with van der Waals surface area (Å²) in [4.78, 5) is 27.3. The lowest BCUT2D eigenvalue weighted by Gasteiger charge is -2.37. The molecule has 29 heavy (non-hydrogen) atoms. The number of nitrogens with one attached hydrogen (secondary N) is 1. The second-order valence-electron chi connectivity index (χ2n) is 8.65. The van der Waals surface area contributed by atoms with Crippen LogP contribution >= 0.6 is 0 Å². The zero-order valence-corrected chi connectivity index (χ0v) is 17.2. The summed E-state index contributed by atoms with van der Waals surface area (Å²) >= 11 is 0. The van der Waals surface area contributed by atoms with Gasteiger partial charge in [-0.15, -0.1) is 0 Å². The van der Waals surface area contributed by atoms with E-state index in [0.29, 0.717) is 32.0 Å². The Hall–Kier alpha value is -2.36. The highest BCUT2D eigenvalue weighted by molar-refractivity contribution is 5.84. The van der Waals surface area contributed by atoms with E-state index in [9.17, 15) is 9.59 Å². The Kier molecular flexibility index (Phi) is 6.48. The fourth-order valence-corrected chi connectivity index (χ4v) is 4.88. The van der Waals surface area contributed by atoms with Gasteiger partial charge >= 0.3 is 0 Å². The number of amides is 2. The quantitative estimate of drug-likeness (QED) is 0.764. The van der Waals surface area contributed by atoms with Crippen LogP contribution in [0.2, 0.25) is 0 Å². The van der Waals surface area contributed by atoms with E-state index >= 15 is 0 Å². The van der Waals surface area contributed by atoms with Crippen LogP contribution < -0.4 is 5.32 Å². The Morgan fingerprint density at radius 3 is 2.52 bits per heavy atom. The van der Waals surface area contributed by atoms with Crippen molar-refractivity contribution in [3.05, 3.63) is 48.0 Å². The summed E-state index contributed by atoms with van der Waals surface area (Å²) in [6.07, 6.45) is 9.18. The van der Waals surface area contributed by atoms with Crippen LogP contribution in [0, 0.1) is 5.92 Å². The van der Waals surface area contributed by atoms with Crippen LogP contribution in [-0.2, 0) is 16.0 Å². The van der Waals surface area contributed by atoms with Gasteiger partial charge < -0.3 is 10.2 Å². The smallest absolute Gasteiger partial charge is 0.224 e. The van der Waals surface area contributed by atoms with Crippen molar-refractivity contribution in [1.82, 2.24) is 10.2 Å². The first-order chi connectivity index (χ1) is 14.2. The number of carbonyl (C=O) groups is 2. The molecule has 2 aromatic rings. The summed E-state index contributed by atoms with van der Waals surface area (Å²) in [7, 11) is 0. The highest BCUT2D eigenvalue weighted by Gasteiger charge is 2.34. The van der Waals surface area contributed by atoms with Gasteiger partial charge in [0.1, 0.15) is 0 Å². The van der Waals surface area contributed by atoms with Gasteiger partial charge in [0.25, 0.3) is 0 Å². The van der Waals surface area contributed by atoms with E-state index in [1.807, 2.05) is 4.90 Å². The minimum Gasteiger partial charge on any atom is -0.355 e. The lowest BCUT2D eigenvalue weighted by Crippen LogP contribution is -2.50. The molecule has 4 nitrogen and oxygen atoms in total. The number of benzene rings is 2. The molecule has 1 aliphatic heterocycles. The maximum absolute atomic E-state index is 12.8. The summed E-state index contributed by atoms with van der Waals surface area (Å²) in [5.74, 6) is 0.293. The van der Waals surface area contributed by atoms with Gasteiger partial charge in [-0.05, 0) is 42.0 Å². The maximum atomic E-state index is 12.8. The first-order valence-corrected chi connectivity index (χ1v) is 11.3. The number of likely N-dealkylation sites (tertiary alicyclic amines) is 1. The van der Waals surface area contributed by atoms with Crippen molar-refractivity contribution in [1.29, 1.82) is 0 Å². The van der Waals surface area contributed by atoms with E-state index in [-0.39, 0.29) is 17.7 Å². The normalized spacial score (nSPS) is 21.2. The van der Waals surface area contributed by atoms with Gasteiger partial charge in [0.05, 0.1) is 5.92 Å². The van der Waals surface area contributed by atoms with E-state index in [4.69, 9.17) is 0 Å². The molecule has 1 atom stereocenters. The van der Waals surface area contributed by atoms with Crippen LogP contribution in [0.15, 0.2) is 42.5 Å². The number of piperidine rings is 1. The molecule has 2 aliphatic rings. The molecule has 2 amide bonds. The van der Waals surface area contributed by atoms with Crippen LogP contribution in [-0.4, -0.2) is 35.8 Å². The number of nitrogens with zero attached hydrogens (tertiary/aromatic N) is 1. The molecule has 0 radical (unpaired) electrons. The molecular weight excluding hydrogens is 360 g/mol. The van der Waals surface area contributed by atoms with Crippen LogP contribution in [0.4, 0.5) is 0 Å². The molecule has 1 heterocycles. The average Bonchev–Trinajstić information content (AvgIpc) is 3.03. The molecule has 1 saturated heterocycles. The van der Waals surface area contributed by atoms with Gasteiger partial charge in [-0.2, -0.15) is 0 Å². The van der Waals surface area contributed by atoms with Crippen LogP contribution in [0.1, 0.15) is 56.9 Å². The first kappa shape index (κ1) is 19.9. The predicted octanol–water partition coefficient (Wildman–Crippen LogP) is 4.46. The lowest BCUT2D eigenvalue weighted by molar-refractivity contribution is -0.141. The van der Waals surface area contributed by atoms with Gasteiger partial charge in [0.15, 0.2) is 0 Å². The molecular formula is C25H32N2O2. The van der Waals surface area contributed by atoms with Crippen LogP contribution in [0.25, 0.3) is 10.8 Å². The van der Waals surface area contributed by atoms with E-state index in [0.717, 1.165) is 19.3 Å². The molecule has 0 aromatic heterocycles. The number of hydrogen-bond donors (Lipinski definition) is 1. The highest BCUT2D eigenvalue weighted by Crippen LogP contribution is 2.27. The van der Waals surface area contributed by atoms with Crippen molar-refractivity contribution in [2.24, 2.45) is 5.92 Å². The molecule has 2 fully saturated rings. The van der Waals surface area contributed by atoms with Crippen molar-refractivity contribution in [3.63, 3.8) is 0 Å². The van der Waals surface area contributed by atoms with Gasteiger partial charge in [-0.25, -0.2) is 0 Å². The molecule has 154 valence electrons. The molecule has 2 aromatic carbocycles. The monoisotopic (exact) mass is 392 g/mol. The van der Waals surface area contributed by atoms with E-state index in [1.165, 1.54) is 42.0 Å². The molecule has 1 N–H and O–H groups in total. The minimum absolute atomic E-state index is 0.0624. The third-order valence-corrected chi connectivity index (χ3v) is 6.61. The third-order valence-electron chi connectivity index (χ3n) is 6.61. The van der Waals surface area contributed by atoms with Gasteiger partial charge in [0.2, 0.25) is 11.8 Å². The van der Waals surface area contributed by atoms with Crippen LogP contribution in [0.5, 0.6) is 0 Å². The van der Waals surface area contributed by atoms with Gasteiger partial charge in [-0.3, -0.25) is 9.59 Å². The Morgan fingerprint density at radius 2 is 1.72 bits per heavy atom. The molecule has 4 heteroatoms. The highest BCUT2D eigenvalue weighted by atomic mass is 16.2. The van der Waals surface area contributed by atoms with E-state index < -0.39 is 0 Å². The van der Waals surface area contributed by atoms with Crippen LogP contribution in [0.3, 0.4) is 0 Å². The summed E-state index contributed by atoms with van der Waals surface area (Å²) in [6.45, 7) is 1.25. The SMILES string of the molecule is O=C(NCCc1ccc2ccccc2c1)[C@@H]1CCC(=O)N(C2CCCCCC2)C1. The summed E-state index contributed by atoms with van der Waals surface area (Å²) < 4.78 is 0. The fourth-order valence-electron chi connectivity index (χ4n) is 4.88. The Labute approximate surface area is 173 Å². The van der Waals surface area contributed by atoms with Gasteiger partial charge in [0, 0.05) is 25.6 Å². The first-order valence-electron chi connectivity index (χ1n) is 11.3. The molecule has 1 aliphatic carbocycles. The summed E-state index contributed by atoms with van der Waals surface area (Å²) in [5.41, 5.74) is 1.24. The van der Waals surface area contributed by atoms with E-state index in [1.54, 1.807) is 0 Å². The van der Waals surface area contributed by atoms with Gasteiger partial charge in [-0.1, -0.05) is 68.1 Å². The molecule has 4 rings (SSSR count). The number of fused-ring (bicyclic) bond motifs is 1. The fraction of sp³-hybridized carbons (Fsp3) is 0.520. The summed E-state index contributed by atoms with van der Waals surface area (Å²) in [5, 5.41) is 5.60. The van der Waals surface area contributed by atoms with Crippen molar-refractivity contribution in [3.8, 4) is 0 Å². The number of hydrogen-bond acceptors (Lipinski definition) is 2. The minimum atomic E-state index is -0.0624. The van der Waals surface area contributed by atoms with E-state index in [2.05, 4.69) is 47.8 Å².